The maximum Gasteiger partial charge on any atom is 0.339 e. The second kappa shape index (κ2) is 4.67. The van der Waals surface area contributed by atoms with E-state index in [-0.39, 0.29) is 5.97 Å². The van der Waals surface area contributed by atoms with Gasteiger partial charge in [0.15, 0.2) is 0 Å². The molecule has 0 saturated heterocycles. The number of rotatable bonds is 2. The SMILES string of the molecule is COC(=O)c1cc(SC)ccc1Br. The van der Waals surface area contributed by atoms with Crippen LogP contribution in [0.5, 0.6) is 0 Å². The first kappa shape index (κ1) is 10.6. The fraction of sp³-hybridized carbons (Fsp3) is 0.222. The molecule has 0 radical (unpaired) electrons. The average molecular weight is 261 g/mol. The second-order valence-electron chi connectivity index (χ2n) is 2.34. The van der Waals surface area contributed by atoms with Gasteiger partial charge in [0.2, 0.25) is 0 Å². The van der Waals surface area contributed by atoms with Gasteiger partial charge in [-0.2, -0.15) is 0 Å². The van der Waals surface area contributed by atoms with E-state index in [0.29, 0.717) is 5.56 Å². The van der Waals surface area contributed by atoms with E-state index in [2.05, 4.69) is 20.7 Å². The van der Waals surface area contributed by atoms with E-state index in [1.54, 1.807) is 17.8 Å². The van der Waals surface area contributed by atoms with Crippen molar-refractivity contribution in [2.24, 2.45) is 0 Å². The zero-order chi connectivity index (χ0) is 9.84. The third kappa shape index (κ3) is 2.48. The first-order valence-corrected chi connectivity index (χ1v) is 5.62. The van der Waals surface area contributed by atoms with Gasteiger partial charge in [0.25, 0.3) is 0 Å². The van der Waals surface area contributed by atoms with Crippen LogP contribution in [0.25, 0.3) is 0 Å². The maximum atomic E-state index is 11.2. The Bertz CT molecular complexity index is 325. The van der Waals surface area contributed by atoms with Gasteiger partial charge in [-0.3, -0.25) is 0 Å². The lowest BCUT2D eigenvalue weighted by Crippen LogP contribution is -2.02. The van der Waals surface area contributed by atoms with Crippen LogP contribution in [0.3, 0.4) is 0 Å². The molecule has 0 N–H and O–H groups in total. The van der Waals surface area contributed by atoms with E-state index in [9.17, 15) is 4.79 Å². The molecule has 13 heavy (non-hydrogen) atoms. The topological polar surface area (TPSA) is 26.3 Å². The number of benzene rings is 1. The zero-order valence-electron chi connectivity index (χ0n) is 7.33. The monoisotopic (exact) mass is 260 g/mol. The van der Waals surface area contributed by atoms with Crippen molar-refractivity contribution in [3.05, 3.63) is 28.2 Å². The summed E-state index contributed by atoms with van der Waals surface area (Å²) < 4.78 is 5.40. The van der Waals surface area contributed by atoms with Crippen LogP contribution in [0.1, 0.15) is 10.4 Å². The van der Waals surface area contributed by atoms with Gasteiger partial charge in [-0.05, 0) is 40.4 Å². The summed E-state index contributed by atoms with van der Waals surface area (Å²) >= 11 is 4.88. The summed E-state index contributed by atoms with van der Waals surface area (Å²) in [7, 11) is 1.38. The van der Waals surface area contributed by atoms with Gasteiger partial charge in [0.05, 0.1) is 12.7 Å². The average Bonchev–Trinajstić information content (AvgIpc) is 2.17. The quantitative estimate of drug-likeness (QED) is 0.604. The molecule has 0 aliphatic carbocycles. The number of esters is 1. The Labute approximate surface area is 89.8 Å². The highest BCUT2D eigenvalue weighted by Gasteiger charge is 2.10. The summed E-state index contributed by atoms with van der Waals surface area (Å²) in [5, 5.41) is 0. The standard InChI is InChI=1S/C9H9BrO2S/c1-12-9(11)7-5-6(13-2)3-4-8(7)10/h3-5H,1-2H3. The molecule has 0 spiro atoms. The van der Waals surface area contributed by atoms with Crippen molar-refractivity contribution >= 4 is 33.7 Å². The minimum atomic E-state index is -0.317. The van der Waals surface area contributed by atoms with Crippen LogP contribution in [0, 0.1) is 0 Å². The lowest BCUT2D eigenvalue weighted by molar-refractivity contribution is 0.0599. The molecule has 0 atom stereocenters. The Balaban J connectivity index is 3.11. The van der Waals surface area contributed by atoms with E-state index in [4.69, 9.17) is 0 Å². The highest BCUT2D eigenvalue weighted by molar-refractivity contribution is 9.10. The van der Waals surface area contributed by atoms with Gasteiger partial charge in [-0.1, -0.05) is 0 Å². The molecule has 0 heterocycles. The van der Waals surface area contributed by atoms with Crippen molar-refractivity contribution < 1.29 is 9.53 Å². The number of carbonyl (C=O) groups is 1. The van der Waals surface area contributed by atoms with E-state index in [1.165, 1.54) is 7.11 Å². The highest BCUT2D eigenvalue weighted by atomic mass is 79.9. The summed E-state index contributed by atoms with van der Waals surface area (Å²) in [5.41, 5.74) is 0.564. The maximum absolute atomic E-state index is 11.2. The smallest absolute Gasteiger partial charge is 0.339 e. The van der Waals surface area contributed by atoms with Crippen molar-refractivity contribution in [3.8, 4) is 0 Å². The fourth-order valence-electron chi connectivity index (χ4n) is 0.898. The Morgan fingerprint density at radius 1 is 1.54 bits per heavy atom. The number of halogens is 1. The fourth-order valence-corrected chi connectivity index (χ4v) is 1.75. The van der Waals surface area contributed by atoms with Crippen molar-refractivity contribution in [2.75, 3.05) is 13.4 Å². The number of hydrogen-bond acceptors (Lipinski definition) is 3. The van der Waals surface area contributed by atoms with Gasteiger partial charge >= 0.3 is 5.97 Å². The Hall–Kier alpha value is -0.480. The molecule has 0 amide bonds. The lowest BCUT2D eigenvalue weighted by atomic mass is 10.2. The van der Waals surface area contributed by atoms with Gasteiger partial charge in [-0.15, -0.1) is 11.8 Å². The van der Waals surface area contributed by atoms with Crippen LogP contribution in [0.4, 0.5) is 0 Å². The van der Waals surface area contributed by atoms with E-state index in [0.717, 1.165) is 9.37 Å². The van der Waals surface area contributed by atoms with Crippen molar-refractivity contribution in [2.45, 2.75) is 4.90 Å². The molecule has 1 aromatic carbocycles. The minimum Gasteiger partial charge on any atom is -0.465 e. The first-order valence-electron chi connectivity index (χ1n) is 3.61. The normalized spacial score (nSPS) is 9.77. The third-order valence-corrected chi connectivity index (χ3v) is 3.00. The molecular formula is C9H9BrO2S. The number of thioether (sulfide) groups is 1. The molecule has 2 nitrogen and oxygen atoms in total. The van der Waals surface area contributed by atoms with E-state index < -0.39 is 0 Å². The molecule has 0 saturated carbocycles. The first-order chi connectivity index (χ1) is 6.19. The van der Waals surface area contributed by atoms with Crippen LogP contribution in [-0.4, -0.2) is 19.3 Å². The third-order valence-electron chi connectivity index (χ3n) is 1.58. The second-order valence-corrected chi connectivity index (χ2v) is 4.07. The summed E-state index contributed by atoms with van der Waals surface area (Å²) in [6.07, 6.45) is 1.96. The number of hydrogen-bond donors (Lipinski definition) is 0. The van der Waals surface area contributed by atoms with Gasteiger partial charge < -0.3 is 4.74 Å². The summed E-state index contributed by atoms with van der Waals surface area (Å²) in [6, 6.07) is 5.60. The van der Waals surface area contributed by atoms with Crippen molar-refractivity contribution in [1.29, 1.82) is 0 Å². The molecule has 0 aliphatic rings. The molecule has 70 valence electrons. The Morgan fingerprint density at radius 2 is 2.23 bits per heavy atom. The highest BCUT2D eigenvalue weighted by Crippen LogP contribution is 2.23. The molecule has 1 aromatic rings. The van der Waals surface area contributed by atoms with Crippen LogP contribution >= 0.6 is 27.7 Å². The van der Waals surface area contributed by atoms with Crippen molar-refractivity contribution in [1.82, 2.24) is 0 Å². The van der Waals surface area contributed by atoms with Crippen LogP contribution in [0.15, 0.2) is 27.6 Å². The molecule has 1 rings (SSSR count). The molecule has 0 unspecified atom stereocenters. The summed E-state index contributed by atoms with van der Waals surface area (Å²) in [5.74, 6) is -0.317. The molecule has 0 fully saturated rings. The lowest BCUT2D eigenvalue weighted by Gasteiger charge is -2.03. The molecular weight excluding hydrogens is 252 g/mol. The van der Waals surface area contributed by atoms with E-state index >= 15 is 0 Å². The van der Waals surface area contributed by atoms with Gasteiger partial charge in [-0.25, -0.2) is 4.79 Å². The van der Waals surface area contributed by atoms with Crippen LogP contribution < -0.4 is 0 Å². The molecule has 0 aliphatic heterocycles. The predicted molar refractivity (Wildman–Crippen MR) is 57.3 cm³/mol. The predicted octanol–water partition coefficient (Wildman–Crippen LogP) is 2.96. The number of methoxy groups -OCH3 is 1. The van der Waals surface area contributed by atoms with Crippen LogP contribution in [0.2, 0.25) is 0 Å². The van der Waals surface area contributed by atoms with Gasteiger partial charge in [0, 0.05) is 9.37 Å². The number of ether oxygens (including phenoxy) is 1. The Kier molecular flexibility index (Phi) is 3.81. The van der Waals surface area contributed by atoms with E-state index in [1.807, 2.05) is 18.4 Å². The molecule has 0 aromatic heterocycles. The molecule has 4 heteroatoms. The Morgan fingerprint density at radius 3 is 2.77 bits per heavy atom. The van der Waals surface area contributed by atoms with Crippen LogP contribution in [-0.2, 0) is 4.74 Å². The van der Waals surface area contributed by atoms with Gasteiger partial charge in [0.1, 0.15) is 0 Å². The summed E-state index contributed by atoms with van der Waals surface area (Å²) in [4.78, 5) is 12.3. The largest absolute Gasteiger partial charge is 0.465 e. The summed E-state index contributed by atoms with van der Waals surface area (Å²) in [6.45, 7) is 0. The number of carbonyl (C=O) groups excluding carboxylic acids is 1. The zero-order valence-corrected chi connectivity index (χ0v) is 9.74. The minimum absolute atomic E-state index is 0.317. The van der Waals surface area contributed by atoms with Crippen molar-refractivity contribution in [3.63, 3.8) is 0 Å². The molecule has 0 bridgehead atoms.